The molecular weight excluding hydrogens is 226 g/mol. The van der Waals surface area contributed by atoms with Crippen LogP contribution in [0.15, 0.2) is 30.9 Å². The summed E-state index contributed by atoms with van der Waals surface area (Å²) in [6, 6.07) is 1.79. The van der Waals surface area contributed by atoms with Crippen molar-refractivity contribution >= 4 is 5.69 Å². The Hall–Kier alpha value is -1.91. The van der Waals surface area contributed by atoms with Crippen molar-refractivity contribution in [2.45, 2.75) is 27.2 Å². The molecule has 0 atom stereocenters. The molecule has 0 aliphatic carbocycles. The second kappa shape index (κ2) is 5.16. The third-order valence-electron chi connectivity index (χ3n) is 2.54. The van der Waals surface area contributed by atoms with Gasteiger partial charge in [0.1, 0.15) is 0 Å². The molecule has 5 nitrogen and oxygen atoms in total. The molecule has 2 aromatic heterocycles. The first-order valence-corrected chi connectivity index (χ1v) is 6.10. The number of anilines is 1. The van der Waals surface area contributed by atoms with E-state index >= 15 is 0 Å². The normalized spacial score (nSPS) is 11.5. The summed E-state index contributed by atoms with van der Waals surface area (Å²) in [6.07, 6.45) is 8.21. The van der Waals surface area contributed by atoms with Gasteiger partial charge in [0.05, 0.1) is 18.1 Å². The topological polar surface area (TPSA) is 55.6 Å². The predicted octanol–water partition coefficient (Wildman–Crippen LogP) is 2.51. The summed E-state index contributed by atoms with van der Waals surface area (Å²) in [4.78, 5) is 8.29. The molecule has 0 fully saturated rings. The Morgan fingerprint density at radius 2 is 1.94 bits per heavy atom. The molecule has 0 aliphatic rings. The van der Waals surface area contributed by atoms with Crippen LogP contribution in [0.3, 0.4) is 0 Å². The molecule has 0 aliphatic heterocycles. The van der Waals surface area contributed by atoms with Crippen LogP contribution in [0.5, 0.6) is 0 Å². The van der Waals surface area contributed by atoms with Gasteiger partial charge in [-0.25, -0.2) is 14.6 Å². The number of nitrogens with one attached hydrogen (secondary N) is 1. The van der Waals surface area contributed by atoms with E-state index in [-0.39, 0.29) is 0 Å². The van der Waals surface area contributed by atoms with E-state index in [2.05, 4.69) is 41.2 Å². The van der Waals surface area contributed by atoms with Gasteiger partial charge in [-0.15, -0.1) is 0 Å². The Labute approximate surface area is 107 Å². The molecule has 2 aromatic rings. The van der Waals surface area contributed by atoms with Gasteiger partial charge < -0.3 is 5.32 Å². The molecule has 0 saturated carbocycles. The minimum absolute atomic E-state index is 0.339. The first-order chi connectivity index (χ1) is 8.54. The first-order valence-electron chi connectivity index (χ1n) is 6.10. The highest BCUT2D eigenvalue weighted by atomic mass is 15.3. The van der Waals surface area contributed by atoms with Gasteiger partial charge in [0.15, 0.2) is 0 Å². The van der Waals surface area contributed by atoms with E-state index in [1.807, 2.05) is 6.20 Å². The summed E-state index contributed by atoms with van der Waals surface area (Å²) in [5.74, 6) is 0.585. The molecule has 0 bridgehead atoms. The van der Waals surface area contributed by atoms with Crippen LogP contribution >= 0.6 is 0 Å². The van der Waals surface area contributed by atoms with Crippen molar-refractivity contribution in [2.75, 3.05) is 11.9 Å². The maximum Gasteiger partial charge on any atom is 0.250 e. The third-order valence-corrected chi connectivity index (χ3v) is 2.54. The van der Waals surface area contributed by atoms with Gasteiger partial charge in [-0.05, 0) is 17.9 Å². The van der Waals surface area contributed by atoms with Gasteiger partial charge in [0.2, 0.25) is 5.95 Å². The minimum Gasteiger partial charge on any atom is -0.382 e. The smallest absolute Gasteiger partial charge is 0.250 e. The Bertz CT molecular complexity index is 484. The van der Waals surface area contributed by atoms with Crippen LogP contribution < -0.4 is 5.32 Å². The standard InChI is InChI=1S/C13H19N5/c1-13(2,3)5-8-14-11-9-17-18(10-11)12-15-6-4-7-16-12/h4,6-7,9-10,14H,5,8H2,1-3H3. The summed E-state index contributed by atoms with van der Waals surface area (Å²) >= 11 is 0. The Balaban J connectivity index is 1.95. The van der Waals surface area contributed by atoms with Crippen LogP contribution in [0.4, 0.5) is 5.69 Å². The second-order valence-corrected chi connectivity index (χ2v) is 5.46. The van der Waals surface area contributed by atoms with Gasteiger partial charge in [-0.1, -0.05) is 20.8 Å². The predicted molar refractivity (Wildman–Crippen MR) is 71.7 cm³/mol. The van der Waals surface area contributed by atoms with Crippen molar-refractivity contribution in [3.05, 3.63) is 30.9 Å². The maximum atomic E-state index is 4.23. The van der Waals surface area contributed by atoms with E-state index in [4.69, 9.17) is 0 Å². The molecular formula is C13H19N5. The lowest BCUT2D eigenvalue weighted by Gasteiger charge is -2.17. The SMILES string of the molecule is CC(C)(C)CCNc1cnn(-c2ncccn2)c1. The first kappa shape index (κ1) is 12.5. The van der Waals surface area contributed by atoms with Gasteiger partial charge in [0.25, 0.3) is 0 Å². The molecule has 0 spiro atoms. The highest BCUT2D eigenvalue weighted by molar-refractivity contribution is 5.39. The number of hydrogen-bond donors (Lipinski definition) is 1. The minimum atomic E-state index is 0.339. The van der Waals surface area contributed by atoms with Crippen molar-refractivity contribution in [2.24, 2.45) is 5.41 Å². The van der Waals surface area contributed by atoms with E-state index in [0.717, 1.165) is 18.7 Å². The Kier molecular flexibility index (Phi) is 3.60. The van der Waals surface area contributed by atoms with Crippen LogP contribution in [-0.4, -0.2) is 26.3 Å². The molecule has 0 saturated heterocycles. The van der Waals surface area contributed by atoms with Crippen LogP contribution in [0.25, 0.3) is 5.95 Å². The molecule has 0 unspecified atom stereocenters. The van der Waals surface area contributed by atoms with Gasteiger partial charge in [-0.2, -0.15) is 5.10 Å². The number of nitrogens with zero attached hydrogens (tertiary/aromatic N) is 4. The fraction of sp³-hybridized carbons (Fsp3) is 0.462. The molecule has 2 heterocycles. The molecule has 1 N–H and O–H groups in total. The zero-order valence-corrected chi connectivity index (χ0v) is 11.1. The zero-order chi connectivity index (χ0) is 13.0. The van der Waals surface area contributed by atoms with E-state index in [1.165, 1.54) is 0 Å². The number of rotatable bonds is 4. The van der Waals surface area contributed by atoms with Crippen molar-refractivity contribution in [3.63, 3.8) is 0 Å². The fourth-order valence-corrected chi connectivity index (χ4v) is 1.51. The Morgan fingerprint density at radius 1 is 1.22 bits per heavy atom. The maximum absolute atomic E-state index is 4.23. The van der Waals surface area contributed by atoms with E-state index < -0.39 is 0 Å². The molecule has 0 aromatic carbocycles. The number of hydrogen-bond acceptors (Lipinski definition) is 4. The molecule has 18 heavy (non-hydrogen) atoms. The van der Waals surface area contributed by atoms with Crippen LogP contribution in [-0.2, 0) is 0 Å². The molecule has 0 amide bonds. The summed E-state index contributed by atoms with van der Waals surface area (Å²) in [6.45, 7) is 7.63. The fourth-order valence-electron chi connectivity index (χ4n) is 1.51. The molecule has 0 radical (unpaired) electrons. The van der Waals surface area contributed by atoms with Crippen molar-refractivity contribution in [1.29, 1.82) is 0 Å². The summed E-state index contributed by atoms with van der Waals surface area (Å²) in [7, 11) is 0. The highest BCUT2D eigenvalue weighted by Crippen LogP contribution is 2.18. The second-order valence-electron chi connectivity index (χ2n) is 5.46. The van der Waals surface area contributed by atoms with Crippen molar-refractivity contribution in [3.8, 4) is 5.95 Å². The van der Waals surface area contributed by atoms with E-state index in [9.17, 15) is 0 Å². The summed E-state index contributed by atoms with van der Waals surface area (Å²) < 4.78 is 1.67. The summed E-state index contributed by atoms with van der Waals surface area (Å²) in [5, 5.41) is 7.58. The zero-order valence-electron chi connectivity index (χ0n) is 11.1. The van der Waals surface area contributed by atoms with Crippen molar-refractivity contribution < 1.29 is 0 Å². The molecule has 96 valence electrons. The van der Waals surface area contributed by atoms with Gasteiger partial charge >= 0.3 is 0 Å². The lowest BCUT2D eigenvalue weighted by Crippen LogP contribution is -2.12. The van der Waals surface area contributed by atoms with E-state index in [0.29, 0.717) is 11.4 Å². The van der Waals surface area contributed by atoms with Gasteiger partial charge in [-0.3, -0.25) is 0 Å². The number of aromatic nitrogens is 4. The largest absolute Gasteiger partial charge is 0.382 e. The molecule has 5 heteroatoms. The quantitative estimate of drug-likeness (QED) is 0.899. The summed E-state index contributed by atoms with van der Waals surface area (Å²) in [5.41, 5.74) is 1.33. The van der Waals surface area contributed by atoms with Crippen LogP contribution in [0.2, 0.25) is 0 Å². The van der Waals surface area contributed by atoms with Crippen molar-refractivity contribution in [1.82, 2.24) is 19.7 Å². The van der Waals surface area contributed by atoms with Crippen LogP contribution in [0.1, 0.15) is 27.2 Å². The monoisotopic (exact) mass is 245 g/mol. The van der Waals surface area contributed by atoms with E-state index in [1.54, 1.807) is 29.3 Å². The lowest BCUT2D eigenvalue weighted by molar-refractivity contribution is 0.390. The average Bonchev–Trinajstić information content (AvgIpc) is 2.77. The molecule has 2 rings (SSSR count). The highest BCUT2D eigenvalue weighted by Gasteiger charge is 2.09. The van der Waals surface area contributed by atoms with Gasteiger partial charge in [0, 0.05) is 18.9 Å². The third kappa shape index (κ3) is 3.55. The Morgan fingerprint density at radius 3 is 2.61 bits per heavy atom. The van der Waals surface area contributed by atoms with Crippen LogP contribution in [0, 0.1) is 5.41 Å². The lowest BCUT2D eigenvalue weighted by atomic mass is 9.92. The average molecular weight is 245 g/mol.